The Hall–Kier alpha value is -1.43. The lowest BCUT2D eigenvalue weighted by molar-refractivity contribution is -0.136. The van der Waals surface area contributed by atoms with Gasteiger partial charge in [0.1, 0.15) is 6.54 Å². The summed E-state index contributed by atoms with van der Waals surface area (Å²) < 4.78 is 6.68. The molecule has 0 saturated carbocycles. The van der Waals surface area contributed by atoms with Gasteiger partial charge < -0.3 is 9.64 Å². The number of rotatable bonds is 2. The Morgan fingerprint density at radius 2 is 2.21 bits per heavy atom. The molecule has 14 heavy (non-hydrogen) atoms. The van der Waals surface area contributed by atoms with Gasteiger partial charge in [0.25, 0.3) is 0 Å². The summed E-state index contributed by atoms with van der Waals surface area (Å²) >= 11 is 0. The lowest BCUT2D eigenvalue weighted by Gasteiger charge is -2.26. The number of nitrogens with zero attached hydrogens (tertiary/aromatic N) is 4. The lowest BCUT2D eigenvalue weighted by Crippen LogP contribution is -2.42. The highest BCUT2D eigenvalue weighted by Crippen LogP contribution is 1.98. The van der Waals surface area contributed by atoms with E-state index in [1.807, 2.05) is 0 Å². The van der Waals surface area contributed by atoms with E-state index in [1.54, 1.807) is 17.3 Å². The molecule has 0 atom stereocenters. The Kier molecular flexibility index (Phi) is 2.73. The highest BCUT2D eigenvalue weighted by molar-refractivity contribution is 5.75. The number of hydrogen-bond acceptors (Lipinski definition) is 4. The van der Waals surface area contributed by atoms with Crippen molar-refractivity contribution in [2.75, 3.05) is 26.3 Å². The van der Waals surface area contributed by atoms with Gasteiger partial charge in [-0.25, -0.2) is 4.68 Å². The van der Waals surface area contributed by atoms with Crippen molar-refractivity contribution >= 4 is 5.91 Å². The van der Waals surface area contributed by atoms with Gasteiger partial charge in [0, 0.05) is 19.3 Å². The smallest absolute Gasteiger partial charge is 0.244 e. The Morgan fingerprint density at radius 1 is 1.43 bits per heavy atom. The molecule has 1 aromatic heterocycles. The first-order chi connectivity index (χ1) is 6.86. The van der Waals surface area contributed by atoms with E-state index < -0.39 is 0 Å². The van der Waals surface area contributed by atoms with Crippen molar-refractivity contribution in [3.05, 3.63) is 12.4 Å². The van der Waals surface area contributed by atoms with E-state index in [-0.39, 0.29) is 12.5 Å². The summed E-state index contributed by atoms with van der Waals surface area (Å²) in [4.78, 5) is 13.4. The molecule has 1 aliphatic heterocycles. The molecule has 0 aliphatic carbocycles. The SMILES string of the molecule is O=C(Cn1ccnn1)N1CCOCC1. The molecular weight excluding hydrogens is 184 g/mol. The minimum atomic E-state index is 0.0683. The first kappa shape index (κ1) is 9.14. The van der Waals surface area contributed by atoms with Crippen LogP contribution in [0.3, 0.4) is 0 Å². The second kappa shape index (κ2) is 4.19. The van der Waals surface area contributed by atoms with Crippen LogP contribution in [0, 0.1) is 0 Å². The number of morpholine rings is 1. The molecule has 2 heterocycles. The number of carbonyl (C=O) groups is 1. The van der Waals surface area contributed by atoms with Crippen molar-refractivity contribution in [2.45, 2.75) is 6.54 Å². The fourth-order valence-corrected chi connectivity index (χ4v) is 1.37. The zero-order chi connectivity index (χ0) is 9.80. The molecule has 0 bridgehead atoms. The number of hydrogen-bond donors (Lipinski definition) is 0. The predicted octanol–water partition coefficient (Wildman–Crippen LogP) is -0.863. The maximum atomic E-state index is 11.6. The van der Waals surface area contributed by atoms with Crippen molar-refractivity contribution in [3.8, 4) is 0 Å². The third-order valence-corrected chi connectivity index (χ3v) is 2.13. The van der Waals surface area contributed by atoms with Crippen molar-refractivity contribution in [1.29, 1.82) is 0 Å². The molecule has 0 N–H and O–H groups in total. The minimum Gasteiger partial charge on any atom is -0.378 e. The summed E-state index contributed by atoms with van der Waals surface area (Å²) in [6.45, 7) is 2.87. The van der Waals surface area contributed by atoms with Gasteiger partial charge in [0.2, 0.25) is 5.91 Å². The Balaban J connectivity index is 1.88. The molecule has 6 nitrogen and oxygen atoms in total. The van der Waals surface area contributed by atoms with Crippen LogP contribution in [0.4, 0.5) is 0 Å². The van der Waals surface area contributed by atoms with Crippen molar-refractivity contribution in [2.24, 2.45) is 0 Å². The number of aromatic nitrogens is 3. The summed E-state index contributed by atoms with van der Waals surface area (Å²) in [6, 6.07) is 0. The van der Waals surface area contributed by atoms with Crippen molar-refractivity contribution in [1.82, 2.24) is 19.9 Å². The summed E-state index contributed by atoms with van der Waals surface area (Å²) in [7, 11) is 0. The highest BCUT2D eigenvalue weighted by atomic mass is 16.5. The van der Waals surface area contributed by atoms with Crippen LogP contribution < -0.4 is 0 Å². The molecule has 1 aliphatic rings. The average molecular weight is 196 g/mol. The fraction of sp³-hybridized carbons (Fsp3) is 0.625. The van der Waals surface area contributed by atoms with E-state index in [2.05, 4.69) is 10.3 Å². The molecule has 6 heteroatoms. The second-order valence-corrected chi connectivity index (χ2v) is 3.09. The monoisotopic (exact) mass is 196 g/mol. The van der Waals surface area contributed by atoms with Crippen molar-refractivity contribution < 1.29 is 9.53 Å². The molecule has 0 aromatic carbocycles. The Labute approximate surface area is 81.4 Å². The largest absolute Gasteiger partial charge is 0.378 e. The molecule has 0 spiro atoms. The number of amides is 1. The summed E-state index contributed by atoms with van der Waals surface area (Å²) in [6.07, 6.45) is 3.24. The van der Waals surface area contributed by atoms with Gasteiger partial charge in [0.05, 0.1) is 19.4 Å². The second-order valence-electron chi connectivity index (χ2n) is 3.09. The van der Waals surface area contributed by atoms with E-state index in [4.69, 9.17) is 4.74 Å². The van der Waals surface area contributed by atoms with Crippen LogP contribution in [0.2, 0.25) is 0 Å². The van der Waals surface area contributed by atoms with Crippen LogP contribution in [-0.2, 0) is 16.1 Å². The van der Waals surface area contributed by atoms with Crippen LogP contribution in [0.5, 0.6) is 0 Å². The Bertz CT molecular complexity index is 292. The van der Waals surface area contributed by atoms with Crippen LogP contribution >= 0.6 is 0 Å². The molecule has 1 saturated heterocycles. The molecule has 1 aromatic rings. The quantitative estimate of drug-likeness (QED) is 0.617. The van der Waals surface area contributed by atoms with Crippen LogP contribution in [-0.4, -0.2) is 52.1 Å². The maximum absolute atomic E-state index is 11.6. The molecule has 76 valence electrons. The number of carbonyl (C=O) groups excluding carboxylic acids is 1. The normalized spacial score (nSPS) is 17.0. The van der Waals surface area contributed by atoms with Crippen LogP contribution in [0.15, 0.2) is 12.4 Å². The van der Waals surface area contributed by atoms with E-state index in [0.717, 1.165) is 0 Å². The first-order valence-electron chi connectivity index (χ1n) is 4.56. The number of ether oxygens (including phenoxy) is 1. The third-order valence-electron chi connectivity index (χ3n) is 2.13. The molecule has 0 radical (unpaired) electrons. The van der Waals surface area contributed by atoms with Gasteiger partial charge in [-0.15, -0.1) is 5.10 Å². The van der Waals surface area contributed by atoms with Gasteiger partial charge in [-0.2, -0.15) is 0 Å². The average Bonchev–Trinajstić information content (AvgIpc) is 2.72. The van der Waals surface area contributed by atoms with E-state index in [9.17, 15) is 4.79 Å². The molecule has 2 rings (SSSR count). The van der Waals surface area contributed by atoms with Crippen LogP contribution in [0.1, 0.15) is 0 Å². The Morgan fingerprint density at radius 3 is 2.86 bits per heavy atom. The van der Waals surface area contributed by atoms with Crippen molar-refractivity contribution in [3.63, 3.8) is 0 Å². The van der Waals surface area contributed by atoms with Gasteiger partial charge in [0.15, 0.2) is 0 Å². The van der Waals surface area contributed by atoms with E-state index in [0.29, 0.717) is 26.3 Å². The third kappa shape index (κ3) is 2.08. The van der Waals surface area contributed by atoms with Gasteiger partial charge in [-0.1, -0.05) is 5.21 Å². The van der Waals surface area contributed by atoms with E-state index in [1.165, 1.54) is 4.68 Å². The first-order valence-corrected chi connectivity index (χ1v) is 4.56. The molecular formula is C8H12N4O2. The topological polar surface area (TPSA) is 60.2 Å². The molecule has 0 unspecified atom stereocenters. The summed E-state index contributed by atoms with van der Waals surface area (Å²) in [5, 5.41) is 7.38. The standard InChI is InChI=1S/C8H12N4O2/c13-8(7-12-2-1-9-10-12)11-3-5-14-6-4-11/h1-2H,3-7H2. The zero-order valence-corrected chi connectivity index (χ0v) is 7.80. The van der Waals surface area contributed by atoms with Gasteiger partial charge >= 0.3 is 0 Å². The minimum absolute atomic E-state index is 0.0683. The maximum Gasteiger partial charge on any atom is 0.244 e. The van der Waals surface area contributed by atoms with Gasteiger partial charge in [-0.3, -0.25) is 4.79 Å². The summed E-state index contributed by atoms with van der Waals surface area (Å²) in [5.74, 6) is 0.0683. The highest BCUT2D eigenvalue weighted by Gasteiger charge is 2.16. The van der Waals surface area contributed by atoms with Crippen LogP contribution in [0.25, 0.3) is 0 Å². The summed E-state index contributed by atoms with van der Waals surface area (Å²) in [5.41, 5.74) is 0. The predicted molar refractivity (Wildman–Crippen MR) is 47.4 cm³/mol. The van der Waals surface area contributed by atoms with E-state index >= 15 is 0 Å². The zero-order valence-electron chi connectivity index (χ0n) is 7.80. The lowest BCUT2D eigenvalue weighted by atomic mass is 10.4. The fourth-order valence-electron chi connectivity index (χ4n) is 1.37. The van der Waals surface area contributed by atoms with Gasteiger partial charge in [-0.05, 0) is 0 Å². The molecule has 1 amide bonds. The molecule has 1 fully saturated rings.